The highest BCUT2D eigenvalue weighted by Gasteiger charge is 1.98. The van der Waals surface area contributed by atoms with E-state index in [2.05, 4.69) is 17.5 Å². The van der Waals surface area contributed by atoms with Crippen LogP contribution in [0.2, 0.25) is 0 Å². The molecule has 0 unspecified atom stereocenters. The minimum atomic E-state index is 0.654. The van der Waals surface area contributed by atoms with Crippen molar-refractivity contribution in [2.45, 2.75) is 11.8 Å². The molecule has 0 aliphatic rings. The fourth-order valence-electron chi connectivity index (χ4n) is 0.848. The van der Waals surface area contributed by atoms with Crippen molar-refractivity contribution < 1.29 is 4.74 Å². The normalized spacial score (nSPS) is 9.58. The second kappa shape index (κ2) is 4.48. The molecule has 1 aromatic rings. The van der Waals surface area contributed by atoms with Crippen LogP contribution >= 0.6 is 24.4 Å². The topological polar surface area (TPSA) is 21.3 Å². The van der Waals surface area contributed by atoms with E-state index in [-0.39, 0.29) is 0 Å². The molecule has 0 saturated heterocycles. The number of hydrogen-bond donors (Lipinski definition) is 2. The molecule has 0 saturated carbocycles. The minimum absolute atomic E-state index is 0.654. The van der Waals surface area contributed by atoms with Gasteiger partial charge in [0.05, 0.1) is 12.3 Å². The molecule has 12 heavy (non-hydrogen) atoms. The van der Waals surface area contributed by atoms with Gasteiger partial charge >= 0.3 is 0 Å². The highest BCUT2D eigenvalue weighted by Crippen LogP contribution is 2.25. The second-order valence-electron chi connectivity index (χ2n) is 2.21. The Morgan fingerprint density at radius 1 is 1.58 bits per heavy atom. The average molecular weight is 204 g/mol. The Labute approximate surface area is 82.4 Å². The second-order valence-corrected chi connectivity index (χ2v) is 2.88. The molecule has 0 atom stereocenters. The Hall–Kier alpha value is -0.540. The molecule has 0 heterocycles. The van der Waals surface area contributed by atoms with E-state index in [1.54, 1.807) is 0 Å². The highest BCUT2D eigenvalue weighted by atomic mass is 35.5. The number of halogens is 1. The van der Waals surface area contributed by atoms with Gasteiger partial charge in [0.15, 0.2) is 0 Å². The van der Waals surface area contributed by atoms with Crippen LogP contribution in [-0.2, 0) is 0 Å². The first-order valence-electron chi connectivity index (χ1n) is 3.60. The third-order valence-corrected chi connectivity index (χ3v) is 1.96. The first-order valence-corrected chi connectivity index (χ1v) is 4.43. The number of benzene rings is 1. The van der Waals surface area contributed by atoms with Crippen molar-refractivity contribution in [3.8, 4) is 5.75 Å². The molecule has 0 aliphatic heterocycles. The van der Waals surface area contributed by atoms with Gasteiger partial charge in [0.1, 0.15) is 5.75 Å². The summed E-state index contributed by atoms with van der Waals surface area (Å²) in [6, 6.07) is 5.48. The lowest BCUT2D eigenvalue weighted by atomic mass is 10.3. The Kier molecular flexibility index (Phi) is 3.56. The monoisotopic (exact) mass is 203 g/mol. The average Bonchev–Trinajstić information content (AvgIpc) is 2.05. The van der Waals surface area contributed by atoms with Crippen molar-refractivity contribution in [3.63, 3.8) is 0 Å². The SMILES string of the molecule is CCOc1ccc(NCl)c(S)c1. The Morgan fingerprint density at radius 2 is 2.33 bits per heavy atom. The third-order valence-electron chi connectivity index (χ3n) is 1.38. The number of thiol groups is 1. The van der Waals surface area contributed by atoms with Gasteiger partial charge in [0.25, 0.3) is 0 Å². The molecule has 0 aromatic heterocycles. The first kappa shape index (κ1) is 9.55. The largest absolute Gasteiger partial charge is 0.494 e. The molecule has 1 aromatic carbocycles. The maximum atomic E-state index is 5.42. The van der Waals surface area contributed by atoms with Crippen LogP contribution in [0, 0.1) is 0 Å². The molecule has 0 aliphatic carbocycles. The van der Waals surface area contributed by atoms with E-state index in [0.717, 1.165) is 16.3 Å². The molecular formula is C8H10ClNOS. The van der Waals surface area contributed by atoms with Crippen LogP contribution in [0.4, 0.5) is 5.69 Å². The molecule has 0 radical (unpaired) electrons. The Morgan fingerprint density at radius 3 is 2.83 bits per heavy atom. The molecule has 2 nitrogen and oxygen atoms in total. The lowest BCUT2D eigenvalue weighted by molar-refractivity contribution is 0.339. The van der Waals surface area contributed by atoms with Crippen LogP contribution < -0.4 is 9.57 Å². The van der Waals surface area contributed by atoms with Crippen LogP contribution in [0.25, 0.3) is 0 Å². The number of anilines is 1. The zero-order valence-corrected chi connectivity index (χ0v) is 8.32. The van der Waals surface area contributed by atoms with Crippen LogP contribution in [-0.4, -0.2) is 6.61 Å². The lowest BCUT2D eigenvalue weighted by Crippen LogP contribution is -1.91. The van der Waals surface area contributed by atoms with E-state index in [4.69, 9.17) is 16.5 Å². The molecular weight excluding hydrogens is 194 g/mol. The van der Waals surface area contributed by atoms with Crippen molar-refractivity contribution in [1.82, 2.24) is 0 Å². The van der Waals surface area contributed by atoms with Gasteiger partial charge in [-0.2, -0.15) is 0 Å². The molecule has 4 heteroatoms. The summed E-state index contributed by atoms with van der Waals surface area (Å²) < 4.78 is 5.27. The Bertz CT molecular complexity index is 267. The highest BCUT2D eigenvalue weighted by molar-refractivity contribution is 7.80. The number of hydrogen-bond acceptors (Lipinski definition) is 3. The van der Waals surface area contributed by atoms with Gasteiger partial charge in [0.2, 0.25) is 0 Å². The number of ether oxygens (including phenoxy) is 1. The summed E-state index contributed by atoms with van der Waals surface area (Å²) >= 11 is 9.64. The summed E-state index contributed by atoms with van der Waals surface area (Å²) in [7, 11) is 0. The molecule has 0 bridgehead atoms. The Balaban J connectivity index is 2.86. The van der Waals surface area contributed by atoms with E-state index in [1.165, 1.54) is 0 Å². The summed E-state index contributed by atoms with van der Waals surface area (Å²) in [6.07, 6.45) is 0. The molecule has 66 valence electrons. The van der Waals surface area contributed by atoms with E-state index in [0.29, 0.717) is 6.61 Å². The van der Waals surface area contributed by atoms with Gasteiger partial charge in [-0.1, -0.05) is 0 Å². The third kappa shape index (κ3) is 2.22. The quantitative estimate of drug-likeness (QED) is 0.582. The van der Waals surface area contributed by atoms with Gasteiger partial charge in [-0.15, -0.1) is 12.6 Å². The molecule has 0 spiro atoms. The fourth-order valence-corrected chi connectivity index (χ4v) is 1.34. The van der Waals surface area contributed by atoms with Crippen molar-refractivity contribution in [2.75, 3.05) is 11.4 Å². The van der Waals surface area contributed by atoms with Crippen molar-refractivity contribution in [3.05, 3.63) is 18.2 Å². The molecule has 1 N–H and O–H groups in total. The maximum Gasteiger partial charge on any atom is 0.120 e. The van der Waals surface area contributed by atoms with Gasteiger partial charge in [-0.05, 0) is 25.1 Å². The summed E-state index contributed by atoms with van der Waals surface area (Å²) in [5.74, 6) is 0.804. The van der Waals surface area contributed by atoms with Gasteiger partial charge < -0.3 is 4.74 Å². The maximum absolute atomic E-state index is 5.42. The number of nitrogens with one attached hydrogen (secondary N) is 1. The summed E-state index contributed by atoms with van der Waals surface area (Å²) in [5, 5.41) is 0. The first-order chi connectivity index (χ1) is 5.77. The summed E-state index contributed by atoms with van der Waals surface area (Å²) in [6.45, 7) is 2.59. The van der Waals surface area contributed by atoms with Gasteiger partial charge in [-0.25, -0.2) is 0 Å². The molecule has 0 amide bonds. The van der Waals surface area contributed by atoms with Crippen molar-refractivity contribution in [2.24, 2.45) is 0 Å². The zero-order chi connectivity index (χ0) is 8.97. The lowest BCUT2D eigenvalue weighted by Gasteiger charge is -2.06. The predicted molar refractivity (Wildman–Crippen MR) is 54.3 cm³/mol. The van der Waals surface area contributed by atoms with Crippen molar-refractivity contribution in [1.29, 1.82) is 0 Å². The van der Waals surface area contributed by atoms with Crippen LogP contribution in [0.15, 0.2) is 23.1 Å². The van der Waals surface area contributed by atoms with E-state index >= 15 is 0 Å². The van der Waals surface area contributed by atoms with Crippen LogP contribution in [0.1, 0.15) is 6.92 Å². The predicted octanol–water partition coefficient (Wildman–Crippen LogP) is 2.94. The van der Waals surface area contributed by atoms with Crippen LogP contribution in [0.3, 0.4) is 0 Å². The standard InChI is InChI=1S/C8H10ClNOS/c1-2-11-6-3-4-7(10-9)8(12)5-6/h3-5,10,12H,2H2,1H3. The molecule has 1 rings (SSSR count). The number of rotatable bonds is 3. The van der Waals surface area contributed by atoms with Gasteiger partial charge in [0, 0.05) is 16.7 Å². The van der Waals surface area contributed by atoms with Gasteiger partial charge in [-0.3, -0.25) is 4.84 Å². The molecule has 0 fully saturated rings. The summed E-state index contributed by atoms with van der Waals surface area (Å²) in [4.78, 5) is 3.28. The fraction of sp³-hybridized carbons (Fsp3) is 0.250. The van der Waals surface area contributed by atoms with Crippen molar-refractivity contribution >= 4 is 30.1 Å². The van der Waals surface area contributed by atoms with E-state index in [1.807, 2.05) is 25.1 Å². The smallest absolute Gasteiger partial charge is 0.120 e. The van der Waals surface area contributed by atoms with E-state index in [9.17, 15) is 0 Å². The summed E-state index contributed by atoms with van der Waals surface area (Å²) in [5.41, 5.74) is 0.781. The van der Waals surface area contributed by atoms with Crippen LogP contribution in [0.5, 0.6) is 5.75 Å². The zero-order valence-electron chi connectivity index (χ0n) is 6.67. The van der Waals surface area contributed by atoms with E-state index < -0.39 is 0 Å². The minimum Gasteiger partial charge on any atom is -0.494 e.